The number of hydrogen-bond donors (Lipinski definition) is 2. The summed E-state index contributed by atoms with van der Waals surface area (Å²) in [4.78, 5) is 0.106. The SMILES string of the molecule is Oc1ccc(CNc2ccccc2SC(F)(F)F)cc1Cl. The minimum absolute atomic E-state index is 0.0338. The molecule has 2 rings (SSSR count). The molecule has 0 bridgehead atoms. The maximum Gasteiger partial charge on any atom is 0.446 e. The highest BCUT2D eigenvalue weighted by Gasteiger charge is 2.30. The van der Waals surface area contributed by atoms with Gasteiger partial charge in [0.05, 0.1) is 5.02 Å². The van der Waals surface area contributed by atoms with Crippen molar-refractivity contribution in [3.63, 3.8) is 0 Å². The van der Waals surface area contributed by atoms with Gasteiger partial charge in [0, 0.05) is 17.1 Å². The van der Waals surface area contributed by atoms with Crippen molar-refractivity contribution in [2.75, 3.05) is 5.32 Å². The van der Waals surface area contributed by atoms with Crippen molar-refractivity contribution in [2.24, 2.45) is 0 Å². The van der Waals surface area contributed by atoms with Crippen molar-refractivity contribution in [3.05, 3.63) is 53.1 Å². The lowest BCUT2D eigenvalue weighted by Gasteiger charge is -2.13. The van der Waals surface area contributed by atoms with E-state index in [9.17, 15) is 18.3 Å². The van der Waals surface area contributed by atoms with Gasteiger partial charge in [0.1, 0.15) is 5.75 Å². The predicted octanol–water partition coefficient (Wildman–Crippen LogP) is 5.27. The molecule has 0 saturated carbocycles. The molecular weight excluding hydrogens is 323 g/mol. The molecule has 0 aliphatic heterocycles. The van der Waals surface area contributed by atoms with Gasteiger partial charge < -0.3 is 10.4 Å². The van der Waals surface area contributed by atoms with Crippen molar-refractivity contribution in [1.29, 1.82) is 0 Å². The lowest BCUT2D eigenvalue weighted by atomic mass is 10.2. The Kier molecular flexibility index (Phi) is 4.90. The molecule has 0 heterocycles. The zero-order valence-corrected chi connectivity index (χ0v) is 12.2. The number of rotatable bonds is 4. The minimum atomic E-state index is -4.33. The van der Waals surface area contributed by atoms with E-state index >= 15 is 0 Å². The summed E-state index contributed by atoms with van der Waals surface area (Å²) < 4.78 is 37.4. The highest BCUT2D eigenvalue weighted by Crippen LogP contribution is 2.40. The van der Waals surface area contributed by atoms with E-state index in [0.717, 1.165) is 5.56 Å². The van der Waals surface area contributed by atoms with Crippen LogP contribution in [-0.2, 0) is 6.54 Å². The molecule has 112 valence electrons. The molecule has 0 aliphatic carbocycles. The van der Waals surface area contributed by atoms with E-state index in [0.29, 0.717) is 12.2 Å². The molecule has 0 atom stereocenters. The van der Waals surface area contributed by atoms with Crippen LogP contribution in [0, 0.1) is 0 Å². The van der Waals surface area contributed by atoms with Crippen LogP contribution in [0.1, 0.15) is 5.56 Å². The van der Waals surface area contributed by atoms with Crippen LogP contribution in [-0.4, -0.2) is 10.6 Å². The van der Waals surface area contributed by atoms with Gasteiger partial charge in [-0.2, -0.15) is 13.2 Å². The number of phenols is 1. The lowest BCUT2D eigenvalue weighted by molar-refractivity contribution is -0.0327. The van der Waals surface area contributed by atoms with E-state index in [1.165, 1.54) is 12.1 Å². The van der Waals surface area contributed by atoms with Crippen LogP contribution < -0.4 is 5.32 Å². The fraction of sp³-hybridized carbons (Fsp3) is 0.143. The summed E-state index contributed by atoms with van der Waals surface area (Å²) in [6.07, 6.45) is 0. The summed E-state index contributed by atoms with van der Waals surface area (Å²) in [6.45, 7) is 0.301. The number of hydrogen-bond acceptors (Lipinski definition) is 3. The molecule has 2 N–H and O–H groups in total. The Bertz CT molecular complexity index is 634. The Balaban J connectivity index is 2.11. The van der Waals surface area contributed by atoms with Crippen LogP contribution in [0.3, 0.4) is 0 Å². The average Bonchev–Trinajstić information content (AvgIpc) is 2.40. The first kappa shape index (κ1) is 15.9. The Hall–Kier alpha value is -1.53. The molecule has 0 aliphatic rings. The van der Waals surface area contributed by atoms with Crippen LogP contribution in [0.25, 0.3) is 0 Å². The monoisotopic (exact) mass is 333 g/mol. The third-order valence-electron chi connectivity index (χ3n) is 2.61. The summed E-state index contributed by atoms with van der Waals surface area (Å²) in [5.41, 5.74) is -3.19. The normalized spacial score (nSPS) is 11.4. The van der Waals surface area contributed by atoms with Crippen molar-refractivity contribution in [1.82, 2.24) is 0 Å². The molecule has 0 fully saturated rings. The molecule has 2 aromatic carbocycles. The summed E-state index contributed by atoms with van der Waals surface area (Å²) in [5.74, 6) is -0.0338. The number of halogens is 4. The first-order chi connectivity index (χ1) is 9.85. The largest absolute Gasteiger partial charge is 0.506 e. The van der Waals surface area contributed by atoms with Gasteiger partial charge in [-0.1, -0.05) is 29.8 Å². The number of benzene rings is 2. The van der Waals surface area contributed by atoms with Crippen LogP contribution in [0.2, 0.25) is 5.02 Å². The fourth-order valence-corrected chi connectivity index (χ4v) is 2.53. The van der Waals surface area contributed by atoms with Crippen molar-refractivity contribution in [2.45, 2.75) is 16.9 Å². The molecule has 0 aromatic heterocycles. The molecule has 0 unspecified atom stereocenters. The number of aromatic hydroxyl groups is 1. The molecule has 2 nitrogen and oxygen atoms in total. The standard InChI is InChI=1S/C14H11ClF3NOS/c15-10-7-9(5-6-12(10)20)8-19-11-3-1-2-4-13(11)21-14(16,17)18/h1-7,19-20H,8H2. The van der Waals surface area contributed by atoms with Crippen molar-refractivity contribution in [3.8, 4) is 5.75 Å². The smallest absolute Gasteiger partial charge is 0.446 e. The van der Waals surface area contributed by atoms with E-state index in [1.54, 1.807) is 30.3 Å². The molecular formula is C14H11ClF3NOS. The third-order valence-corrected chi connectivity index (χ3v) is 3.72. The Labute approximate surface area is 128 Å². The summed E-state index contributed by atoms with van der Waals surface area (Å²) in [6, 6.07) is 10.8. The first-order valence-corrected chi connectivity index (χ1v) is 7.10. The van der Waals surface area contributed by atoms with E-state index in [-0.39, 0.29) is 27.4 Å². The van der Waals surface area contributed by atoms with Crippen LogP contribution >= 0.6 is 23.4 Å². The van der Waals surface area contributed by atoms with Gasteiger partial charge in [-0.05, 0) is 41.6 Å². The van der Waals surface area contributed by atoms with Gasteiger partial charge in [-0.3, -0.25) is 0 Å². The lowest BCUT2D eigenvalue weighted by Crippen LogP contribution is -2.04. The van der Waals surface area contributed by atoms with Gasteiger partial charge in [0.25, 0.3) is 0 Å². The fourth-order valence-electron chi connectivity index (χ4n) is 1.68. The molecule has 0 radical (unpaired) electrons. The number of alkyl halides is 3. The van der Waals surface area contributed by atoms with Gasteiger partial charge in [-0.15, -0.1) is 0 Å². The van der Waals surface area contributed by atoms with E-state index in [2.05, 4.69) is 5.32 Å². The van der Waals surface area contributed by atoms with Crippen LogP contribution in [0.15, 0.2) is 47.4 Å². The van der Waals surface area contributed by atoms with E-state index < -0.39 is 5.51 Å². The highest BCUT2D eigenvalue weighted by atomic mass is 35.5. The molecule has 7 heteroatoms. The number of para-hydroxylation sites is 1. The molecule has 0 spiro atoms. The van der Waals surface area contributed by atoms with Gasteiger partial charge >= 0.3 is 5.51 Å². The quantitative estimate of drug-likeness (QED) is 0.748. The topological polar surface area (TPSA) is 32.3 Å². The third kappa shape index (κ3) is 4.75. The van der Waals surface area contributed by atoms with Gasteiger partial charge in [0.15, 0.2) is 0 Å². The zero-order valence-electron chi connectivity index (χ0n) is 10.6. The van der Waals surface area contributed by atoms with E-state index in [4.69, 9.17) is 11.6 Å². The summed E-state index contributed by atoms with van der Waals surface area (Å²) in [5, 5.41) is 12.5. The van der Waals surface area contributed by atoms with Crippen molar-refractivity contribution < 1.29 is 18.3 Å². The number of anilines is 1. The Morgan fingerprint density at radius 1 is 1.14 bits per heavy atom. The number of phenolic OH excluding ortho intramolecular Hbond substituents is 1. The van der Waals surface area contributed by atoms with Gasteiger partial charge in [0.2, 0.25) is 0 Å². The Morgan fingerprint density at radius 3 is 2.52 bits per heavy atom. The van der Waals surface area contributed by atoms with Gasteiger partial charge in [-0.25, -0.2) is 0 Å². The number of thioether (sulfide) groups is 1. The summed E-state index contributed by atoms with van der Waals surface area (Å²) in [7, 11) is 0. The molecule has 2 aromatic rings. The molecule has 0 saturated heterocycles. The highest BCUT2D eigenvalue weighted by molar-refractivity contribution is 8.00. The number of nitrogens with one attached hydrogen (secondary N) is 1. The maximum atomic E-state index is 12.5. The second kappa shape index (κ2) is 6.49. The molecule has 0 amide bonds. The predicted molar refractivity (Wildman–Crippen MR) is 78.8 cm³/mol. The minimum Gasteiger partial charge on any atom is -0.506 e. The van der Waals surface area contributed by atoms with Crippen molar-refractivity contribution >= 4 is 29.1 Å². The Morgan fingerprint density at radius 2 is 1.86 bits per heavy atom. The first-order valence-electron chi connectivity index (χ1n) is 5.91. The second-order valence-corrected chi connectivity index (χ2v) is 5.70. The molecule has 21 heavy (non-hydrogen) atoms. The van der Waals surface area contributed by atoms with Crippen LogP contribution in [0.5, 0.6) is 5.75 Å². The average molecular weight is 334 g/mol. The van der Waals surface area contributed by atoms with E-state index in [1.807, 2.05) is 0 Å². The maximum absolute atomic E-state index is 12.5. The second-order valence-electron chi connectivity index (χ2n) is 4.18. The summed E-state index contributed by atoms with van der Waals surface area (Å²) >= 11 is 5.62. The zero-order chi connectivity index (χ0) is 15.5. The van der Waals surface area contributed by atoms with Crippen LogP contribution in [0.4, 0.5) is 18.9 Å².